The summed E-state index contributed by atoms with van der Waals surface area (Å²) in [5.74, 6) is -9.82. The molecule has 23 heteroatoms. The number of nitrogens with zero attached hydrogens (tertiary/aromatic N) is 4. The Hall–Kier alpha value is -1.63. The van der Waals surface area contributed by atoms with Crippen LogP contribution in [0.2, 0.25) is 0 Å². The molecule has 0 aromatic carbocycles. The van der Waals surface area contributed by atoms with Crippen LogP contribution in [0.25, 0.3) is 0 Å². The molecule has 0 fully saturated rings. The van der Waals surface area contributed by atoms with Crippen LogP contribution >= 0.6 is 0 Å². The average molecular weight is 659 g/mol. The minimum Gasteiger partial charge on any atom is -1.00 e. The molecule has 0 spiro atoms. The molecule has 0 unspecified atom stereocenters. The molecule has 0 bridgehead atoms. The fourth-order valence-electron chi connectivity index (χ4n) is 2.95. The SMILES string of the molecule is O=C(O)CN(CCN(CC(=O)O)CC(=O)O)CC(=O)O.O=C(O)CN(CCN(CC(=O)O)CC(=O)O)CC(=O)O.[H-].[H-].[H-].[H-].[Mg+2].[Na+].[Na+]. The predicted octanol–water partition coefficient (Wildman–Crippen LogP) is -10.1. The van der Waals surface area contributed by atoms with Crippen LogP contribution in [0.1, 0.15) is 5.71 Å². The molecule has 0 aliphatic rings. The zero-order valence-corrected chi connectivity index (χ0v) is 29.2. The van der Waals surface area contributed by atoms with Gasteiger partial charge in [0.2, 0.25) is 0 Å². The average Bonchev–Trinajstić information content (AvgIpc) is 2.72. The molecule has 0 atom stereocenters. The molecule has 0 radical (unpaired) electrons. The van der Waals surface area contributed by atoms with Crippen molar-refractivity contribution in [1.82, 2.24) is 19.6 Å². The molecular weight excluding hydrogens is 623 g/mol. The smallest absolute Gasteiger partial charge is 1.00 e. The molecule has 0 amide bonds. The first kappa shape index (κ1) is 51.0. The number of hydrogen-bond acceptors (Lipinski definition) is 12. The van der Waals surface area contributed by atoms with E-state index in [9.17, 15) is 38.4 Å². The molecule has 0 heterocycles. The second-order valence-corrected chi connectivity index (χ2v) is 7.99. The molecule has 0 aliphatic carbocycles. The van der Waals surface area contributed by atoms with Crippen molar-refractivity contribution in [3.05, 3.63) is 0 Å². The van der Waals surface area contributed by atoms with Gasteiger partial charge in [0.1, 0.15) is 0 Å². The van der Waals surface area contributed by atoms with Gasteiger partial charge in [0.25, 0.3) is 0 Å². The first-order valence-electron chi connectivity index (χ1n) is 11.0. The van der Waals surface area contributed by atoms with Crippen LogP contribution in [-0.2, 0) is 38.4 Å². The first-order valence-corrected chi connectivity index (χ1v) is 11.0. The number of carboxylic acid groups (broad SMARTS) is 8. The van der Waals surface area contributed by atoms with Gasteiger partial charge in [0.05, 0.1) is 52.4 Å². The van der Waals surface area contributed by atoms with Crippen LogP contribution in [-0.4, -0.2) is 210 Å². The maximum Gasteiger partial charge on any atom is 2.00 e. The molecule has 43 heavy (non-hydrogen) atoms. The van der Waals surface area contributed by atoms with Crippen LogP contribution in [0.4, 0.5) is 0 Å². The molecule has 0 aromatic heterocycles. The maximum atomic E-state index is 10.6. The van der Waals surface area contributed by atoms with Crippen molar-refractivity contribution in [3.8, 4) is 0 Å². The molecule has 0 saturated carbocycles. The molecular formula is C20H36MgN4Na2O16. The third-order valence-corrected chi connectivity index (χ3v) is 4.34. The summed E-state index contributed by atoms with van der Waals surface area (Å²) < 4.78 is 0. The summed E-state index contributed by atoms with van der Waals surface area (Å²) in [7, 11) is 0. The maximum absolute atomic E-state index is 10.6. The quantitative estimate of drug-likeness (QED) is 0.0500. The Bertz CT molecular complexity index is 741. The summed E-state index contributed by atoms with van der Waals surface area (Å²) >= 11 is 0. The summed E-state index contributed by atoms with van der Waals surface area (Å²) in [6, 6.07) is 0. The summed E-state index contributed by atoms with van der Waals surface area (Å²) in [5.41, 5.74) is 0. The van der Waals surface area contributed by atoms with E-state index in [1.807, 2.05) is 0 Å². The van der Waals surface area contributed by atoms with Crippen LogP contribution in [0.5, 0.6) is 0 Å². The topological polar surface area (TPSA) is 311 Å². The summed E-state index contributed by atoms with van der Waals surface area (Å²) in [6.45, 7) is -4.50. The third-order valence-electron chi connectivity index (χ3n) is 4.34. The van der Waals surface area contributed by atoms with Gasteiger partial charge in [-0.15, -0.1) is 0 Å². The van der Waals surface area contributed by atoms with Gasteiger partial charge in [0, 0.05) is 26.2 Å². The molecule has 8 N–H and O–H groups in total. The van der Waals surface area contributed by atoms with E-state index in [4.69, 9.17) is 40.9 Å². The first-order chi connectivity index (χ1) is 18.4. The van der Waals surface area contributed by atoms with Crippen molar-refractivity contribution in [2.24, 2.45) is 0 Å². The van der Waals surface area contributed by atoms with E-state index in [1.165, 1.54) is 0 Å². The Balaban J connectivity index is -0.0000000764. The number of hydrogen-bond donors (Lipinski definition) is 8. The standard InChI is InChI=1S/2C10H16N2O8.Mg.2Na.4H/c2*13-7(14)3-11(4-8(15)16)1-2-12(5-9(17)18)6-10(19)20;;;;;;;/h2*1-6H2,(H,13,14)(H,15,16)(H,17,18)(H,19,20);;;;;;;/q;;+2;2*+1;4*-1. The van der Waals surface area contributed by atoms with E-state index < -0.39 is 100 Å². The van der Waals surface area contributed by atoms with Gasteiger partial charge in [-0.1, -0.05) is 0 Å². The molecule has 20 nitrogen and oxygen atoms in total. The van der Waals surface area contributed by atoms with Crippen molar-refractivity contribution in [3.63, 3.8) is 0 Å². The van der Waals surface area contributed by atoms with Gasteiger partial charge in [-0.25, -0.2) is 0 Å². The van der Waals surface area contributed by atoms with Gasteiger partial charge in [-0.3, -0.25) is 58.0 Å². The van der Waals surface area contributed by atoms with Crippen molar-refractivity contribution < 1.29 is 144 Å². The monoisotopic (exact) mass is 658 g/mol. The number of carbonyl (C=O) groups is 8. The molecule has 0 saturated heterocycles. The van der Waals surface area contributed by atoms with Gasteiger partial charge >= 0.3 is 130 Å². The molecule has 0 aromatic rings. The third kappa shape index (κ3) is 36.5. The van der Waals surface area contributed by atoms with Gasteiger partial charge in [0.15, 0.2) is 0 Å². The van der Waals surface area contributed by atoms with E-state index in [1.54, 1.807) is 0 Å². The van der Waals surface area contributed by atoms with Crippen molar-refractivity contribution in [2.75, 3.05) is 78.5 Å². The van der Waals surface area contributed by atoms with Crippen LogP contribution in [0.3, 0.4) is 0 Å². The molecule has 236 valence electrons. The van der Waals surface area contributed by atoms with E-state index in [0.29, 0.717) is 0 Å². The van der Waals surface area contributed by atoms with Crippen molar-refractivity contribution in [1.29, 1.82) is 0 Å². The number of aliphatic carboxylic acids is 8. The summed E-state index contributed by atoms with van der Waals surface area (Å²) in [6.07, 6.45) is 0. The van der Waals surface area contributed by atoms with Crippen molar-refractivity contribution in [2.45, 2.75) is 0 Å². The van der Waals surface area contributed by atoms with E-state index in [2.05, 4.69) is 0 Å². The Morgan fingerprint density at radius 3 is 0.488 bits per heavy atom. The molecule has 0 aliphatic heterocycles. The zero-order valence-electron chi connectivity index (χ0n) is 27.8. The van der Waals surface area contributed by atoms with Gasteiger partial charge in [-0.05, 0) is 0 Å². The normalized spacial score (nSPS) is 9.95. The summed E-state index contributed by atoms with van der Waals surface area (Å²) in [4.78, 5) is 88.7. The van der Waals surface area contributed by atoms with E-state index in [0.717, 1.165) is 19.6 Å². The minimum atomic E-state index is -1.23. The van der Waals surface area contributed by atoms with E-state index in [-0.39, 0.29) is 114 Å². The largest absolute Gasteiger partial charge is 2.00 e. The predicted molar refractivity (Wildman–Crippen MR) is 137 cm³/mol. The fraction of sp³-hybridized carbons (Fsp3) is 0.600. The van der Waals surface area contributed by atoms with Gasteiger partial charge in [-0.2, -0.15) is 0 Å². The minimum absolute atomic E-state index is 0. The van der Waals surface area contributed by atoms with Crippen LogP contribution < -0.4 is 59.1 Å². The fourth-order valence-corrected chi connectivity index (χ4v) is 2.95. The van der Waals surface area contributed by atoms with E-state index >= 15 is 0 Å². The number of rotatable bonds is 22. The van der Waals surface area contributed by atoms with Crippen LogP contribution in [0.15, 0.2) is 0 Å². The Labute approximate surface area is 310 Å². The Kier molecular flexibility index (Phi) is 34.5. The summed E-state index contributed by atoms with van der Waals surface area (Å²) in [5, 5.41) is 68.9. The van der Waals surface area contributed by atoms with Gasteiger partial charge < -0.3 is 46.6 Å². The molecule has 0 rings (SSSR count). The Morgan fingerprint density at radius 1 is 0.326 bits per heavy atom. The second kappa shape index (κ2) is 29.1. The zero-order chi connectivity index (χ0) is 31.4. The Morgan fingerprint density at radius 2 is 0.419 bits per heavy atom. The van der Waals surface area contributed by atoms with Crippen LogP contribution in [0, 0.1) is 0 Å². The number of carboxylic acids is 8. The van der Waals surface area contributed by atoms with Crippen molar-refractivity contribution >= 4 is 70.8 Å². The second-order valence-electron chi connectivity index (χ2n) is 7.99.